The molecule has 0 radical (unpaired) electrons. The van der Waals surface area contributed by atoms with Crippen LogP contribution in [0.4, 0.5) is 0 Å². The van der Waals surface area contributed by atoms with Crippen molar-refractivity contribution < 1.29 is 10.2 Å². The molecule has 0 aliphatic carbocycles. The first-order valence-electron chi connectivity index (χ1n) is 3.36. The maximum atomic E-state index is 9.19. The van der Waals surface area contributed by atoms with E-state index in [9.17, 15) is 5.11 Å². The van der Waals surface area contributed by atoms with Crippen LogP contribution in [0.3, 0.4) is 0 Å². The lowest BCUT2D eigenvalue weighted by Gasteiger charge is -2.12. The summed E-state index contributed by atoms with van der Waals surface area (Å²) in [5.74, 6) is 0. The van der Waals surface area contributed by atoms with E-state index in [1.54, 1.807) is 0 Å². The zero-order chi connectivity index (χ0) is 8.27. The van der Waals surface area contributed by atoms with E-state index in [2.05, 4.69) is 15.3 Å². The smallest absolute Gasteiger partial charge is 0.0965 e. The number of aliphatic hydroxyl groups excluding tert-OH is 2. The molecule has 0 bridgehead atoms. The molecular formula is C5H10N4O2. The fourth-order valence-electron chi connectivity index (χ4n) is 1.08. The molecule has 6 nitrogen and oxygen atoms in total. The summed E-state index contributed by atoms with van der Waals surface area (Å²) < 4.78 is 0. The monoisotopic (exact) mass is 158 g/mol. The van der Waals surface area contributed by atoms with E-state index in [4.69, 9.17) is 10.6 Å². The zero-order valence-corrected chi connectivity index (χ0v) is 5.88. The number of nitrogens with one attached hydrogen (secondary N) is 1. The lowest BCUT2D eigenvalue weighted by Crippen LogP contribution is -2.35. The average Bonchev–Trinajstić information content (AvgIpc) is 2.31. The highest BCUT2D eigenvalue weighted by Crippen LogP contribution is 2.07. The van der Waals surface area contributed by atoms with Crippen molar-refractivity contribution in [2.45, 2.75) is 18.2 Å². The van der Waals surface area contributed by atoms with E-state index in [0.29, 0.717) is 6.54 Å². The first kappa shape index (κ1) is 8.29. The lowest BCUT2D eigenvalue weighted by molar-refractivity contribution is 0.0421. The van der Waals surface area contributed by atoms with Crippen LogP contribution in [0.5, 0.6) is 0 Å². The number of rotatable bonds is 2. The average molecular weight is 158 g/mol. The third-order valence-corrected chi connectivity index (χ3v) is 1.74. The quantitative estimate of drug-likeness (QED) is 0.272. The molecule has 0 unspecified atom stereocenters. The molecule has 3 N–H and O–H groups in total. The van der Waals surface area contributed by atoms with Crippen LogP contribution in [0.2, 0.25) is 0 Å². The van der Waals surface area contributed by atoms with Crippen LogP contribution in [-0.2, 0) is 0 Å². The number of nitrogens with zero attached hydrogens (tertiary/aromatic N) is 3. The summed E-state index contributed by atoms with van der Waals surface area (Å²) in [4.78, 5) is 2.55. The van der Waals surface area contributed by atoms with Gasteiger partial charge in [0, 0.05) is 24.0 Å². The van der Waals surface area contributed by atoms with E-state index in [-0.39, 0.29) is 12.6 Å². The van der Waals surface area contributed by atoms with E-state index in [1.807, 2.05) is 0 Å². The maximum Gasteiger partial charge on any atom is 0.0965 e. The van der Waals surface area contributed by atoms with Gasteiger partial charge in [0.1, 0.15) is 0 Å². The highest BCUT2D eigenvalue weighted by molar-refractivity contribution is 4.91. The van der Waals surface area contributed by atoms with Gasteiger partial charge in [0.05, 0.1) is 12.2 Å². The van der Waals surface area contributed by atoms with Gasteiger partial charge in [-0.25, -0.2) is 0 Å². The third-order valence-electron chi connectivity index (χ3n) is 1.74. The van der Waals surface area contributed by atoms with Gasteiger partial charge in [-0.2, -0.15) is 0 Å². The van der Waals surface area contributed by atoms with Crippen molar-refractivity contribution in [2.75, 3.05) is 13.1 Å². The zero-order valence-electron chi connectivity index (χ0n) is 5.88. The van der Waals surface area contributed by atoms with E-state index >= 15 is 0 Å². The molecule has 1 heterocycles. The number of β-amino-alcohol motifs (C(OH)–C–C–N with tert-alkyl or cyclic N) is 1. The molecule has 0 aromatic heterocycles. The van der Waals surface area contributed by atoms with E-state index in [1.165, 1.54) is 0 Å². The van der Waals surface area contributed by atoms with Crippen LogP contribution in [0.1, 0.15) is 0 Å². The van der Waals surface area contributed by atoms with Gasteiger partial charge in [0.2, 0.25) is 0 Å². The van der Waals surface area contributed by atoms with Gasteiger partial charge in [-0.3, -0.25) is 0 Å². The first-order valence-corrected chi connectivity index (χ1v) is 3.36. The van der Waals surface area contributed by atoms with Crippen LogP contribution in [0, 0.1) is 0 Å². The summed E-state index contributed by atoms with van der Waals surface area (Å²) >= 11 is 0. The van der Waals surface area contributed by atoms with Gasteiger partial charge in [0.15, 0.2) is 0 Å². The molecule has 0 saturated carbocycles. The largest absolute Gasteiger partial charge is 0.389 e. The fraction of sp³-hybridized carbons (Fsp3) is 1.00. The predicted molar refractivity (Wildman–Crippen MR) is 37.8 cm³/mol. The molecular weight excluding hydrogens is 148 g/mol. The van der Waals surface area contributed by atoms with Gasteiger partial charge in [-0.1, -0.05) is 5.11 Å². The first-order chi connectivity index (χ1) is 5.25. The van der Waals surface area contributed by atoms with Crippen molar-refractivity contribution in [2.24, 2.45) is 5.11 Å². The van der Waals surface area contributed by atoms with Gasteiger partial charge in [-0.15, -0.1) is 0 Å². The standard InChI is InChI=1S/C5H10N4O2/c6-9-8-1-3-5(11)4(10)2-7-3/h3-5,7,10-11H,1-2H2/t3-,4-,5+/m1/s1. The van der Waals surface area contributed by atoms with Gasteiger partial charge < -0.3 is 15.5 Å². The molecule has 0 aromatic carbocycles. The Bertz CT molecular complexity index is 179. The number of hydrogen-bond donors (Lipinski definition) is 3. The van der Waals surface area contributed by atoms with Crippen molar-refractivity contribution in [3.8, 4) is 0 Å². The SMILES string of the molecule is [N-]=[N+]=NC[C@H]1NC[C@@H](O)[C@H]1O. The van der Waals surface area contributed by atoms with Crippen molar-refractivity contribution in [3.05, 3.63) is 10.4 Å². The predicted octanol–water partition coefficient (Wildman–Crippen LogP) is -1.01. The highest BCUT2D eigenvalue weighted by atomic mass is 16.3. The summed E-state index contributed by atoms with van der Waals surface area (Å²) in [5, 5.41) is 24.3. The fourth-order valence-corrected chi connectivity index (χ4v) is 1.08. The Morgan fingerprint density at radius 1 is 1.64 bits per heavy atom. The summed E-state index contributed by atoms with van der Waals surface area (Å²) in [6.45, 7) is 0.529. The molecule has 3 atom stereocenters. The van der Waals surface area contributed by atoms with Gasteiger partial charge >= 0.3 is 0 Å². The second-order valence-corrected chi connectivity index (χ2v) is 2.49. The minimum absolute atomic E-state index is 0.175. The third kappa shape index (κ3) is 1.81. The molecule has 1 aliphatic rings. The van der Waals surface area contributed by atoms with Crippen LogP contribution < -0.4 is 5.32 Å². The van der Waals surface area contributed by atoms with Crippen LogP contribution in [-0.4, -0.2) is 41.6 Å². The molecule has 11 heavy (non-hydrogen) atoms. The maximum absolute atomic E-state index is 9.19. The molecule has 0 spiro atoms. The molecule has 1 saturated heterocycles. The Kier molecular flexibility index (Phi) is 2.67. The van der Waals surface area contributed by atoms with Gasteiger partial charge in [0.25, 0.3) is 0 Å². The Morgan fingerprint density at radius 3 is 2.82 bits per heavy atom. The summed E-state index contributed by atoms with van der Waals surface area (Å²) in [5.41, 5.74) is 7.97. The summed E-state index contributed by atoms with van der Waals surface area (Å²) in [6, 6.07) is -0.305. The normalized spacial score (nSPS) is 36.7. The number of azide groups is 1. The van der Waals surface area contributed by atoms with Crippen LogP contribution in [0.15, 0.2) is 5.11 Å². The van der Waals surface area contributed by atoms with Gasteiger partial charge in [-0.05, 0) is 5.53 Å². The summed E-state index contributed by atoms with van der Waals surface area (Å²) in [7, 11) is 0. The summed E-state index contributed by atoms with van der Waals surface area (Å²) in [6.07, 6.45) is -1.56. The molecule has 62 valence electrons. The van der Waals surface area contributed by atoms with Crippen LogP contribution in [0.25, 0.3) is 10.4 Å². The minimum Gasteiger partial charge on any atom is -0.389 e. The molecule has 1 fully saturated rings. The molecule has 1 rings (SSSR count). The number of aliphatic hydroxyl groups is 2. The molecule has 0 aromatic rings. The highest BCUT2D eigenvalue weighted by Gasteiger charge is 2.31. The second kappa shape index (κ2) is 3.54. The van der Waals surface area contributed by atoms with Crippen molar-refractivity contribution in [1.29, 1.82) is 0 Å². The molecule has 1 aliphatic heterocycles. The van der Waals surface area contributed by atoms with E-state index in [0.717, 1.165) is 0 Å². The van der Waals surface area contributed by atoms with Crippen molar-refractivity contribution in [3.63, 3.8) is 0 Å². The van der Waals surface area contributed by atoms with Crippen molar-refractivity contribution >= 4 is 0 Å². The Hall–Kier alpha value is -0.810. The molecule has 0 amide bonds. The molecule has 6 heteroatoms. The lowest BCUT2D eigenvalue weighted by atomic mass is 10.1. The number of hydrogen-bond acceptors (Lipinski definition) is 4. The topological polar surface area (TPSA) is 101 Å². The van der Waals surface area contributed by atoms with E-state index < -0.39 is 12.2 Å². The Labute approximate surface area is 63.5 Å². The Morgan fingerprint density at radius 2 is 2.36 bits per heavy atom. The van der Waals surface area contributed by atoms with Crippen LogP contribution >= 0.6 is 0 Å². The van der Waals surface area contributed by atoms with Crippen molar-refractivity contribution in [1.82, 2.24) is 5.32 Å². The minimum atomic E-state index is -0.819. The Balaban J connectivity index is 2.41. The second-order valence-electron chi connectivity index (χ2n) is 2.49.